The third-order valence-corrected chi connectivity index (χ3v) is 5.69. The summed E-state index contributed by atoms with van der Waals surface area (Å²) in [5.41, 5.74) is 4.05. The van der Waals surface area contributed by atoms with Crippen LogP contribution in [0.15, 0.2) is 60.7 Å². The number of methoxy groups -OCH3 is 1. The Morgan fingerprint density at radius 1 is 0.970 bits per heavy atom. The molecule has 0 aliphatic heterocycles. The smallest absolute Gasteiger partial charge is 0.303 e. The van der Waals surface area contributed by atoms with Crippen LogP contribution in [0.5, 0.6) is 11.5 Å². The van der Waals surface area contributed by atoms with Crippen LogP contribution in [-0.2, 0) is 16.8 Å². The first-order valence-electron chi connectivity index (χ1n) is 11.0. The molecule has 3 aromatic carbocycles. The molecular weight excluding hydrogens is 419 g/mol. The molecule has 0 saturated carbocycles. The van der Waals surface area contributed by atoms with Gasteiger partial charge in [0.1, 0.15) is 23.9 Å². The standard InChI is InChI=1S/C28H31FO4/c1-18(14-27(30)31)20-7-9-21(10-8-20)33-17-19-6-12-25(28(2,3)4)23(15-19)24-16-22(32-5)11-13-26(24)29/h6-13,15-16,18H,14,17H2,1-5H3,(H,30,31). The number of carbonyl (C=O) groups is 1. The van der Waals surface area contributed by atoms with Gasteiger partial charge in [-0.3, -0.25) is 4.79 Å². The molecule has 0 aliphatic carbocycles. The van der Waals surface area contributed by atoms with Gasteiger partial charge in [-0.15, -0.1) is 0 Å². The number of carboxylic acid groups (broad SMARTS) is 1. The van der Waals surface area contributed by atoms with E-state index >= 15 is 0 Å². The van der Waals surface area contributed by atoms with E-state index in [4.69, 9.17) is 14.6 Å². The Kier molecular flexibility index (Phi) is 7.42. The van der Waals surface area contributed by atoms with E-state index < -0.39 is 5.97 Å². The van der Waals surface area contributed by atoms with Gasteiger partial charge in [0.25, 0.3) is 0 Å². The topological polar surface area (TPSA) is 55.8 Å². The second kappa shape index (κ2) is 10.1. The maximum absolute atomic E-state index is 14.8. The summed E-state index contributed by atoms with van der Waals surface area (Å²) in [5.74, 6) is 0.109. The summed E-state index contributed by atoms with van der Waals surface area (Å²) in [5, 5.41) is 8.98. The van der Waals surface area contributed by atoms with E-state index in [-0.39, 0.29) is 23.6 Å². The van der Waals surface area contributed by atoms with Crippen molar-refractivity contribution in [3.05, 3.63) is 83.2 Å². The van der Waals surface area contributed by atoms with Crippen LogP contribution < -0.4 is 9.47 Å². The quantitative estimate of drug-likeness (QED) is 0.403. The fourth-order valence-corrected chi connectivity index (χ4v) is 3.83. The zero-order chi connectivity index (χ0) is 24.2. The van der Waals surface area contributed by atoms with Gasteiger partial charge in [0.05, 0.1) is 13.5 Å². The van der Waals surface area contributed by atoms with E-state index in [2.05, 4.69) is 20.8 Å². The van der Waals surface area contributed by atoms with Crippen molar-refractivity contribution in [3.8, 4) is 22.6 Å². The third kappa shape index (κ3) is 6.13. The molecule has 0 fully saturated rings. The highest BCUT2D eigenvalue weighted by atomic mass is 19.1. The molecule has 0 aliphatic rings. The first-order chi connectivity index (χ1) is 15.6. The summed E-state index contributed by atoms with van der Waals surface area (Å²) in [6.07, 6.45) is 0.0872. The van der Waals surface area contributed by atoms with Gasteiger partial charge in [0.2, 0.25) is 0 Å². The molecule has 0 heterocycles. The van der Waals surface area contributed by atoms with Gasteiger partial charge in [-0.1, -0.05) is 52.0 Å². The van der Waals surface area contributed by atoms with Crippen molar-refractivity contribution in [2.45, 2.75) is 52.1 Å². The number of ether oxygens (including phenoxy) is 2. The first-order valence-corrected chi connectivity index (χ1v) is 11.0. The van der Waals surface area contributed by atoms with E-state index in [1.54, 1.807) is 19.2 Å². The van der Waals surface area contributed by atoms with Gasteiger partial charge in [0.15, 0.2) is 0 Å². The highest BCUT2D eigenvalue weighted by Crippen LogP contribution is 2.37. The van der Waals surface area contributed by atoms with Gasteiger partial charge < -0.3 is 14.6 Å². The fraction of sp³-hybridized carbons (Fsp3) is 0.321. The van der Waals surface area contributed by atoms with Gasteiger partial charge >= 0.3 is 5.97 Å². The van der Waals surface area contributed by atoms with Gasteiger partial charge in [-0.2, -0.15) is 0 Å². The molecule has 1 unspecified atom stereocenters. The van der Waals surface area contributed by atoms with Crippen molar-refractivity contribution < 1.29 is 23.8 Å². The lowest BCUT2D eigenvalue weighted by Gasteiger charge is -2.24. The van der Waals surface area contributed by atoms with Gasteiger partial charge in [-0.05, 0) is 70.0 Å². The Balaban J connectivity index is 1.85. The van der Waals surface area contributed by atoms with Crippen LogP contribution in [0.4, 0.5) is 4.39 Å². The summed E-state index contributed by atoms with van der Waals surface area (Å²) >= 11 is 0. The molecule has 1 atom stereocenters. The molecule has 3 rings (SSSR count). The Bertz CT molecular complexity index is 1110. The van der Waals surface area contributed by atoms with Crippen molar-refractivity contribution in [1.82, 2.24) is 0 Å². The molecular formula is C28H31FO4. The molecule has 0 radical (unpaired) electrons. The summed E-state index contributed by atoms with van der Waals surface area (Å²) < 4.78 is 26.1. The lowest BCUT2D eigenvalue weighted by atomic mass is 9.81. The lowest BCUT2D eigenvalue weighted by Crippen LogP contribution is -2.13. The average molecular weight is 451 g/mol. The van der Waals surface area contributed by atoms with Gasteiger partial charge in [-0.25, -0.2) is 4.39 Å². The molecule has 0 saturated heterocycles. The summed E-state index contributed by atoms with van der Waals surface area (Å²) in [4.78, 5) is 10.9. The maximum atomic E-state index is 14.8. The summed E-state index contributed by atoms with van der Waals surface area (Å²) in [6.45, 7) is 8.53. The molecule has 174 valence electrons. The molecule has 5 heteroatoms. The molecule has 0 spiro atoms. The number of aliphatic carboxylic acids is 1. The average Bonchev–Trinajstić information content (AvgIpc) is 2.77. The molecule has 0 aromatic heterocycles. The molecule has 4 nitrogen and oxygen atoms in total. The van der Waals surface area contributed by atoms with Gasteiger partial charge in [0, 0.05) is 5.56 Å². The van der Waals surface area contributed by atoms with Crippen LogP contribution in [0.3, 0.4) is 0 Å². The van der Waals surface area contributed by atoms with Crippen LogP contribution in [0, 0.1) is 5.82 Å². The fourth-order valence-electron chi connectivity index (χ4n) is 3.83. The van der Waals surface area contributed by atoms with Crippen LogP contribution in [0.2, 0.25) is 0 Å². The minimum atomic E-state index is -0.815. The summed E-state index contributed by atoms with van der Waals surface area (Å²) in [6, 6.07) is 18.3. The Morgan fingerprint density at radius 3 is 2.24 bits per heavy atom. The Labute approximate surface area is 195 Å². The summed E-state index contributed by atoms with van der Waals surface area (Å²) in [7, 11) is 1.57. The van der Waals surface area contributed by atoms with Crippen molar-refractivity contribution in [2.75, 3.05) is 7.11 Å². The van der Waals surface area contributed by atoms with Crippen LogP contribution in [-0.4, -0.2) is 18.2 Å². The minimum absolute atomic E-state index is 0.0678. The largest absolute Gasteiger partial charge is 0.497 e. The molecule has 1 N–H and O–H groups in total. The van der Waals surface area contributed by atoms with Crippen molar-refractivity contribution in [1.29, 1.82) is 0 Å². The van der Waals surface area contributed by atoms with Crippen molar-refractivity contribution >= 4 is 5.97 Å². The lowest BCUT2D eigenvalue weighted by molar-refractivity contribution is -0.137. The van der Waals surface area contributed by atoms with E-state index in [0.29, 0.717) is 23.7 Å². The molecule has 0 bridgehead atoms. The number of rotatable bonds is 8. The number of carboxylic acids is 1. The second-order valence-corrected chi connectivity index (χ2v) is 9.33. The predicted molar refractivity (Wildman–Crippen MR) is 129 cm³/mol. The zero-order valence-electron chi connectivity index (χ0n) is 19.8. The van der Waals surface area contributed by atoms with Crippen molar-refractivity contribution in [2.24, 2.45) is 0 Å². The van der Waals surface area contributed by atoms with E-state index in [0.717, 1.165) is 22.3 Å². The Morgan fingerprint density at radius 2 is 1.64 bits per heavy atom. The second-order valence-electron chi connectivity index (χ2n) is 9.33. The Hall–Kier alpha value is -3.34. The number of hydrogen-bond donors (Lipinski definition) is 1. The number of hydrogen-bond acceptors (Lipinski definition) is 3. The van der Waals surface area contributed by atoms with E-state index in [9.17, 15) is 9.18 Å². The highest BCUT2D eigenvalue weighted by Gasteiger charge is 2.21. The normalized spacial score (nSPS) is 12.3. The van der Waals surface area contributed by atoms with Crippen molar-refractivity contribution in [3.63, 3.8) is 0 Å². The predicted octanol–water partition coefficient (Wildman–Crippen LogP) is 6.96. The molecule has 0 amide bonds. The van der Waals surface area contributed by atoms with E-state index in [1.165, 1.54) is 6.07 Å². The zero-order valence-corrected chi connectivity index (χ0v) is 19.8. The van der Waals surface area contributed by atoms with Crippen LogP contribution in [0.1, 0.15) is 56.7 Å². The molecule has 3 aromatic rings. The molecule has 33 heavy (non-hydrogen) atoms. The number of halogens is 1. The monoisotopic (exact) mass is 450 g/mol. The van der Waals surface area contributed by atoms with Crippen LogP contribution >= 0.6 is 0 Å². The number of benzene rings is 3. The highest BCUT2D eigenvalue weighted by molar-refractivity contribution is 5.71. The first kappa shape index (κ1) is 24.3. The van der Waals surface area contributed by atoms with E-state index in [1.807, 2.05) is 49.4 Å². The SMILES string of the molecule is COc1ccc(F)c(-c2cc(COc3ccc(C(C)CC(=O)O)cc3)ccc2C(C)(C)C)c1. The minimum Gasteiger partial charge on any atom is -0.497 e. The van der Waals surface area contributed by atoms with Crippen LogP contribution in [0.25, 0.3) is 11.1 Å². The third-order valence-electron chi connectivity index (χ3n) is 5.69. The maximum Gasteiger partial charge on any atom is 0.303 e.